The molecule has 0 spiro atoms. The number of aromatic hydroxyl groups is 2. The molecule has 5 nitrogen and oxygen atoms in total. The zero-order chi connectivity index (χ0) is 17.8. The third kappa shape index (κ3) is 2.43. The maximum atomic E-state index is 12.6. The minimum Gasteiger partial charge on any atom is -0.507 e. The van der Waals surface area contributed by atoms with Crippen LogP contribution in [0.5, 0.6) is 17.2 Å². The molecule has 0 radical (unpaired) electrons. The quantitative estimate of drug-likeness (QED) is 0.702. The Hall–Kier alpha value is -2.95. The molecule has 3 aromatic rings. The van der Waals surface area contributed by atoms with Gasteiger partial charge in [-0.2, -0.15) is 0 Å². The van der Waals surface area contributed by atoms with E-state index in [0.29, 0.717) is 23.3 Å². The molecule has 1 aliphatic heterocycles. The third-order valence-corrected chi connectivity index (χ3v) is 4.60. The second kappa shape index (κ2) is 5.28. The predicted octanol–water partition coefficient (Wildman–Crippen LogP) is 3.97. The predicted molar refractivity (Wildman–Crippen MR) is 94.3 cm³/mol. The van der Waals surface area contributed by atoms with Gasteiger partial charge in [-0.15, -0.1) is 0 Å². The van der Waals surface area contributed by atoms with Crippen LogP contribution < -0.4 is 10.2 Å². The van der Waals surface area contributed by atoms with Crippen molar-refractivity contribution in [2.24, 2.45) is 0 Å². The molecule has 0 unspecified atom stereocenters. The van der Waals surface area contributed by atoms with Gasteiger partial charge < -0.3 is 19.4 Å². The van der Waals surface area contributed by atoms with E-state index >= 15 is 0 Å². The van der Waals surface area contributed by atoms with E-state index in [9.17, 15) is 15.0 Å². The minimum atomic E-state index is -0.648. The number of ether oxygens (including phenoxy) is 1. The summed E-state index contributed by atoms with van der Waals surface area (Å²) in [6.45, 7) is 3.94. The highest BCUT2D eigenvalue weighted by atomic mass is 16.5. The molecule has 2 heterocycles. The van der Waals surface area contributed by atoms with Gasteiger partial charge in [0.05, 0.1) is 0 Å². The van der Waals surface area contributed by atoms with Crippen molar-refractivity contribution in [1.29, 1.82) is 0 Å². The zero-order valence-electron chi connectivity index (χ0n) is 14.0. The molecule has 25 heavy (non-hydrogen) atoms. The standard InChI is InChI=1S/C20H18O5/c1-20(2)9-8-12-13(25-20)10-14-15(16(12)21)17(22)18(23)19(24-14)11-6-4-3-5-7-11/h3-7,10,21,23H,8-9H2,1-2H3. The van der Waals surface area contributed by atoms with E-state index in [1.165, 1.54) is 0 Å². The van der Waals surface area contributed by atoms with Crippen LogP contribution in [0.15, 0.2) is 45.6 Å². The maximum Gasteiger partial charge on any atom is 0.238 e. The third-order valence-electron chi connectivity index (χ3n) is 4.60. The molecule has 0 saturated carbocycles. The Morgan fingerprint density at radius 2 is 1.80 bits per heavy atom. The van der Waals surface area contributed by atoms with Crippen LogP contribution in [0.3, 0.4) is 0 Å². The first-order valence-electron chi connectivity index (χ1n) is 8.16. The monoisotopic (exact) mass is 338 g/mol. The SMILES string of the molecule is CC1(C)CCc2c(cc3oc(-c4ccccc4)c(O)c(=O)c3c2O)O1. The fraction of sp³-hybridized carbons (Fsp3) is 0.250. The smallest absolute Gasteiger partial charge is 0.238 e. The number of hydrogen-bond donors (Lipinski definition) is 2. The Morgan fingerprint density at radius 1 is 1.08 bits per heavy atom. The summed E-state index contributed by atoms with van der Waals surface area (Å²) < 4.78 is 11.7. The van der Waals surface area contributed by atoms with E-state index in [2.05, 4.69) is 0 Å². The lowest BCUT2D eigenvalue weighted by atomic mass is 9.92. The largest absolute Gasteiger partial charge is 0.507 e. The van der Waals surface area contributed by atoms with Crippen LogP contribution in [-0.2, 0) is 6.42 Å². The van der Waals surface area contributed by atoms with Gasteiger partial charge in [0.2, 0.25) is 11.2 Å². The highest BCUT2D eigenvalue weighted by Gasteiger charge is 2.31. The van der Waals surface area contributed by atoms with Crippen LogP contribution in [0.25, 0.3) is 22.3 Å². The van der Waals surface area contributed by atoms with Crippen LogP contribution in [-0.4, -0.2) is 15.8 Å². The number of hydrogen-bond acceptors (Lipinski definition) is 5. The van der Waals surface area contributed by atoms with Crippen LogP contribution in [0.2, 0.25) is 0 Å². The summed E-state index contributed by atoms with van der Waals surface area (Å²) in [7, 11) is 0. The molecule has 0 aliphatic carbocycles. The van der Waals surface area contributed by atoms with Crippen LogP contribution in [0.4, 0.5) is 0 Å². The van der Waals surface area contributed by atoms with E-state index < -0.39 is 11.2 Å². The molecule has 1 aromatic heterocycles. The fourth-order valence-electron chi connectivity index (χ4n) is 3.23. The molecular formula is C20H18O5. The van der Waals surface area contributed by atoms with Crippen molar-refractivity contribution in [2.45, 2.75) is 32.3 Å². The van der Waals surface area contributed by atoms with Crippen LogP contribution >= 0.6 is 0 Å². The Bertz CT molecular complexity index is 1030. The van der Waals surface area contributed by atoms with Crippen molar-refractivity contribution in [3.8, 4) is 28.6 Å². The fourth-order valence-corrected chi connectivity index (χ4v) is 3.23. The van der Waals surface area contributed by atoms with E-state index in [1.54, 1.807) is 30.3 Å². The van der Waals surface area contributed by atoms with Crippen molar-refractivity contribution in [3.05, 3.63) is 52.2 Å². The Morgan fingerprint density at radius 3 is 2.52 bits per heavy atom. The Labute approximate surface area is 144 Å². The molecule has 2 N–H and O–H groups in total. The maximum absolute atomic E-state index is 12.6. The average molecular weight is 338 g/mol. The summed E-state index contributed by atoms with van der Waals surface area (Å²) in [4.78, 5) is 12.6. The zero-order valence-corrected chi connectivity index (χ0v) is 14.0. The van der Waals surface area contributed by atoms with Gasteiger partial charge >= 0.3 is 0 Å². The van der Waals surface area contributed by atoms with Crippen molar-refractivity contribution in [1.82, 2.24) is 0 Å². The van der Waals surface area contributed by atoms with Crippen molar-refractivity contribution >= 4 is 11.0 Å². The average Bonchev–Trinajstić information content (AvgIpc) is 2.57. The van der Waals surface area contributed by atoms with E-state index in [-0.39, 0.29) is 28.1 Å². The molecular weight excluding hydrogens is 320 g/mol. The van der Waals surface area contributed by atoms with Gasteiger partial charge in [-0.25, -0.2) is 0 Å². The molecule has 0 atom stereocenters. The summed E-state index contributed by atoms with van der Waals surface area (Å²) in [6, 6.07) is 10.5. The highest BCUT2D eigenvalue weighted by molar-refractivity contribution is 5.90. The Balaban J connectivity index is 2.02. The minimum absolute atomic E-state index is 0.0146. The van der Waals surface area contributed by atoms with Crippen molar-refractivity contribution in [3.63, 3.8) is 0 Å². The van der Waals surface area contributed by atoms with E-state index in [0.717, 1.165) is 6.42 Å². The van der Waals surface area contributed by atoms with E-state index in [4.69, 9.17) is 9.15 Å². The number of fused-ring (bicyclic) bond motifs is 2. The van der Waals surface area contributed by atoms with Crippen molar-refractivity contribution in [2.75, 3.05) is 0 Å². The number of phenolic OH excluding ortho intramolecular Hbond substituents is 1. The lowest BCUT2D eigenvalue weighted by Gasteiger charge is -2.33. The van der Waals surface area contributed by atoms with Crippen molar-refractivity contribution < 1.29 is 19.4 Å². The van der Waals surface area contributed by atoms with Gasteiger partial charge in [-0.1, -0.05) is 30.3 Å². The second-order valence-electron chi connectivity index (χ2n) is 6.91. The number of benzene rings is 2. The lowest BCUT2D eigenvalue weighted by molar-refractivity contribution is 0.0839. The molecule has 5 heteroatoms. The summed E-state index contributed by atoms with van der Waals surface area (Å²) in [5.41, 5.74) is 0.344. The molecule has 1 aliphatic rings. The topological polar surface area (TPSA) is 79.9 Å². The molecule has 128 valence electrons. The second-order valence-corrected chi connectivity index (χ2v) is 6.91. The summed E-state index contributed by atoms with van der Waals surface area (Å²) in [6.07, 6.45) is 1.31. The molecule has 0 fully saturated rings. The molecule has 2 aromatic carbocycles. The summed E-state index contributed by atoms with van der Waals surface area (Å²) >= 11 is 0. The van der Waals surface area contributed by atoms with E-state index in [1.807, 2.05) is 19.9 Å². The summed E-state index contributed by atoms with van der Waals surface area (Å²) in [5.74, 6) is -0.0979. The first-order valence-corrected chi connectivity index (χ1v) is 8.16. The molecule has 0 saturated heterocycles. The summed E-state index contributed by atoms with van der Waals surface area (Å²) in [5, 5.41) is 20.9. The van der Waals surface area contributed by atoms with Gasteiger partial charge in [0.1, 0.15) is 28.1 Å². The van der Waals surface area contributed by atoms with Gasteiger partial charge in [0.15, 0.2) is 5.76 Å². The van der Waals surface area contributed by atoms with Crippen LogP contribution in [0.1, 0.15) is 25.8 Å². The first kappa shape index (κ1) is 15.6. The van der Waals surface area contributed by atoms with Gasteiger partial charge in [-0.05, 0) is 26.7 Å². The van der Waals surface area contributed by atoms with Crippen LogP contribution in [0, 0.1) is 0 Å². The molecule has 0 amide bonds. The van der Waals surface area contributed by atoms with Gasteiger partial charge in [-0.3, -0.25) is 4.79 Å². The molecule has 0 bridgehead atoms. The number of rotatable bonds is 1. The lowest BCUT2D eigenvalue weighted by Crippen LogP contribution is -2.32. The Kier molecular flexibility index (Phi) is 3.29. The normalized spacial score (nSPS) is 15.6. The van der Waals surface area contributed by atoms with Gasteiger partial charge in [0, 0.05) is 17.2 Å². The molecule has 4 rings (SSSR count). The first-order chi connectivity index (χ1) is 11.9. The number of phenols is 1. The van der Waals surface area contributed by atoms with Gasteiger partial charge in [0.25, 0.3) is 0 Å². The highest BCUT2D eigenvalue weighted by Crippen LogP contribution is 2.43.